The number of furan rings is 1. The molecule has 21 heavy (non-hydrogen) atoms. The molecule has 1 saturated heterocycles. The van der Waals surface area contributed by atoms with Crippen LogP contribution in [0.25, 0.3) is 0 Å². The quantitative estimate of drug-likeness (QED) is 0.909. The molecule has 1 aromatic heterocycles. The van der Waals surface area contributed by atoms with Crippen molar-refractivity contribution in [2.75, 3.05) is 13.1 Å². The second-order valence-corrected chi connectivity index (χ2v) is 6.22. The molecule has 1 N–H and O–H groups in total. The average Bonchev–Trinajstić information content (AvgIpc) is 2.91. The third-order valence-electron chi connectivity index (χ3n) is 3.15. The lowest BCUT2D eigenvalue weighted by atomic mass is 10.1. The maximum Gasteiger partial charge on any atom is 0.410 e. The molecule has 1 aromatic rings. The van der Waals surface area contributed by atoms with Crippen LogP contribution in [0.1, 0.15) is 44.2 Å². The van der Waals surface area contributed by atoms with Gasteiger partial charge in [-0.15, -0.1) is 0 Å². The second kappa shape index (κ2) is 6.20. The van der Waals surface area contributed by atoms with Gasteiger partial charge in [0.15, 0.2) is 5.76 Å². The summed E-state index contributed by atoms with van der Waals surface area (Å²) in [6, 6.07) is 3.20. The van der Waals surface area contributed by atoms with Crippen LogP contribution >= 0.6 is 0 Å². The van der Waals surface area contributed by atoms with E-state index in [4.69, 9.17) is 9.15 Å². The van der Waals surface area contributed by atoms with Crippen LogP contribution in [0.5, 0.6) is 0 Å². The number of piperidine rings is 1. The van der Waals surface area contributed by atoms with Gasteiger partial charge in [-0.2, -0.15) is 0 Å². The minimum Gasteiger partial charge on any atom is -0.459 e. The van der Waals surface area contributed by atoms with E-state index in [1.54, 1.807) is 17.0 Å². The lowest BCUT2D eigenvalue weighted by Crippen LogP contribution is -2.50. The van der Waals surface area contributed by atoms with E-state index in [2.05, 4.69) is 5.32 Å². The van der Waals surface area contributed by atoms with Crippen LogP contribution in [0.2, 0.25) is 0 Å². The molecule has 116 valence electrons. The third-order valence-corrected chi connectivity index (χ3v) is 3.15. The normalized spacial score (nSPS) is 19.2. The number of carbonyl (C=O) groups excluding carboxylic acids is 2. The van der Waals surface area contributed by atoms with Crippen molar-refractivity contribution in [1.82, 2.24) is 10.2 Å². The standard InChI is InChI=1S/C15H22N2O4/c1-15(2,3)21-14(19)17-8-4-6-11(10-17)16-13(18)12-7-5-9-20-12/h5,7,9,11H,4,6,8,10H2,1-3H3,(H,16,18)/t11-/m0/s1. The smallest absolute Gasteiger partial charge is 0.410 e. The Bertz CT molecular complexity index is 490. The summed E-state index contributed by atoms with van der Waals surface area (Å²) in [6.45, 7) is 6.63. The monoisotopic (exact) mass is 294 g/mol. The number of likely N-dealkylation sites (tertiary alicyclic amines) is 1. The van der Waals surface area contributed by atoms with Crippen LogP contribution in [0.15, 0.2) is 22.8 Å². The van der Waals surface area contributed by atoms with Crippen LogP contribution < -0.4 is 5.32 Å². The Hall–Kier alpha value is -1.98. The van der Waals surface area contributed by atoms with E-state index in [1.165, 1.54) is 6.26 Å². The van der Waals surface area contributed by atoms with Gasteiger partial charge in [0.1, 0.15) is 5.60 Å². The Morgan fingerprint density at radius 3 is 2.81 bits per heavy atom. The van der Waals surface area contributed by atoms with Crippen LogP contribution in [-0.4, -0.2) is 41.6 Å². The fraction of sp³-hybridized carbons (Fsp3) is 0.600. The number of rotatable bonds is 2. The molecule has 0 radical (unpaired) electrons. The first kappa shape index (κ1) is 15.4. The summed E-state index contributed by atoms with van der Waals surface area (Å²) in [7, 11) is 0. The van der Waals surface area contributed by atoms with Gasteiger partial charge in [-0.25, -0.2) is 4.79 Å². The van der Waals surface area contributed by atoms with Gasteiger partial charge in [0, 0.05) is 19.1 Å². The van der Waals surface area contributed by atoms with Crippen molar-refractivity contribution in [3.05, 3.63) is 24.2 Å². The molecule has 0 bridgehead atoms. The summed E-state index contributed by atoms with van der Waals surface area (Å²) < 4.78 is 10.4. The molecule has 6 heteroatoms. The average molecular weight is 294 g/mol. The molecule has 0 saturated carbocycles. The van der Waals surface area contributed by atoms with Gasteiger partial charge in [-0.3, -0.25) is 4.79 Å². The van der Waals surface area contributed by atoms with E-state index >= 15 is 0 Å². The minimum atomic E-state index is -0.512. The van der Waals surface area contributed by atoms with Gasteiger partial charge in [0.2, 0.25) is 0 Å². The molecule has 1 fully saturated rings. The third kappa shape index (κ3) is 4.51. The zero-order valence-corrected chi connectivity index (χ0v) is 12.7. The summed E-state index contributed by atoms with van der Waals surface area (Å²) in [5.74, 6) is 0.0282. The van der Waals surface area contributed by atoms with Crippen LogP contribution in [0.3, 0.4) is 0 Å². The predicted molar refractivity (Wildman–Crippen MR) is 77.0 cm³/mol. The van der Waals surface area contributed by atoms with Gasteiger partial charge in [-0.05, 0) is 45.7 Å². The van der Waals surface area contributed by atoms with Crippen molar-refractivity contribution in [1.29, 1.82) is 0 Å². The highest BCUT2D eigenvalue weighted by atomic mass is 16.6. The van der Waals surface area contributed by atoms with Crippen molar-refractivity contribution < 1.29 is 18.7 Å². The van der Waals surface area contributed by atoms with Crippen molar-refractivity contribution in [3.8, 4) is 0 Å². The summed E-state index contributed by atoms with van der Waals surface area (Å²) >= 11 is 0. The number of nitrogens with one attached hydrogen (secondary N) is 1. The fourth-order valence-electron chi connectivity index (χ4n) is 2.25. The molecule has 0 aromatic carbocycles. The molecule has 6 nitrogen and oxygen atoms in total. The highest BCUT2D eigenvalue weighted by Crippen LogP contribution is 2.15. The first-order valence-electron chi connectivity index (χ1n) is 7.17. The summed E-state index contributed by atoms with van der Waals surface area (Å²) in [4.78, 5) is 25.6. The van der Waals surface area contributed by atoms with E-state index in [9.17, 15) is 9.59 Å². The Morgan fingerprint density at radius 2 is 2.19 bits per heavy atom. The van der Waals surface area contributed by atoms with Gasteiger partial charge >= 0.3 is 6.09 Å². The Kier molecular flexibility index (Phi) is 4.55. The molecule has 2 amide bonds. The van der Waals surface area contributed by atoms with Crippen LogP contribution in [0, 0.1) is 0 Å². The summed E-state index contributed by atoms with van der Waals surface area (Å²) in [5.41, 5.74) is -0.512. The van der Waals surface area contributed by atoms with Gasteiger partial charge in [0.05, 0.1) is 6.26 Å². The molecule has 1 atom stereocenters. The molecular formula is C15H22N2O4. The SMILES string of the molecule is CC(C)(C)OC(=O)N1CCC[C@H](NC(=O)c2ccco2)C1. The Labute approximate surface area is 124 Å². The number of amides is 2. The van der Waals surface area contributed by atoms with Crippen molar-refractivity contribution in [3.63, 3.8) is 0 Å². The number of ether oxygens (including phenoxy) is 1. The van der Waals surface area contributed by atoms with Gasteiger partial charge in [0.25, 0.3) is 5.91 Å². The summed E-state index contributed by atoms with van der Waals surface area (Å²) in [6.07, 6.45) is 2.80. The lowest BCUT2D eigenvalue weighted by Gasteiger charge is -2.34. The molecule has 0 spiro atoms. The fourth-order valence-corrected chi connectivity index (χ4v) is 2.25. The molecule has 1 aliphatic rings. The van der Waals surface area contributed by atoms with E-state index in [0.29, 0.717) is 13.1 Å². The van der Waals surface area contributed by atoms with Crippen molar-refractivity contribution in [2.45, 2.75) is 45.3 Å². The summed E-state index contributed by atoms with van der Waals surface area (Å²) in [5, 5.41) is 2.89. The van der Waals surface area contributed by atoms with Gasteiger partial charge < -0.3 is 19.4 Å². The minimum absolute atomic E-state index is 0.0798. The molecule has 1 aliphatic heterocycles. The molecule has 0 aliphatic carbocycles. The number of hydrogen-bond acceptors (Lipinski definition) is 4. The lowest BCUT2D eigenvalue weighted by molar-refractivity contribution is 0.0185. The van der Waals surface area contributed by atoms with E-state index in [0.717, 1.165) is 12.8 Å². The number of carbonyl (C=O) groups is 2. The number of hydrogen-bond donors (Lipinski definition) is 1. The zero-order valence-electron chi connectivity index (χ0n) is 12.7. The predicted octanol–water partition coefficient (Wildman–Crippen LogP) is 2.41. The largest absolute Gasteiger partial charge is 0.459 e. The zero-order chi connectivity index (χ0) is 15.5. The first-order valence-corrected chi connectivity index (χ1v) is 7.17. The maximum atomic E-state index is 12.0. The Morgan fingerprint density at radius 1 is 1.43 bits per heavy atom. The van der Waals surface area contributed by atoms with Crippen molar-refractivity contribution >= 4 is 12.0 Å². The highest BCUT2D eigenvalue weighted by molar-refractivity contribution is 5.91. The number of nitrogens with zero attached hydrogens (tertiary/aromatic N) is 1. The Balaban J connectivity index is 1.89. The van der Waals surface area contributed by atoms with E-state index in [-0.39, 0.29) is 23.8 Å². The molecule has 2 rings (SSSR count). The highest BCUT2D eigenvalue weighted by Gasteiger charge is 2.28. The maximum absolute atomic E-state index is 12.0. The first-order chi connectivity index (χ1) is 9.85. The van der Waals surface area contributed by atoms with Crippen molar-refractivity contribution in [2.24, 2.45) is 0 Å². The van der Waals surface area contributed by atoms with E-state index in [1.807, 2.05) is 20.8 Å². The molecule has 0 unspecified atom stereocenters. The van der Waals surface area contributed by atoms with Crippen LogP contribution in [0.4, 0.5) is 4.79 Å². The molecular weight excluding hydrogens is 272 g/mol. The van der Waals surface area contributed by atoms with E-state index < -0.39 is 5.60 Å². The topological polar surface area (TPSA) is 71.8 Å². The second-order valence-electron chi connectivity index (χ2n) is 6.22. The van der Waals surface area contributed by atoms with Gasteiger partial charge in [-0.1, -0.05) is 0 Å². The van der Waals surface area contributed by atoms with Crippen LogP contribution in [-0.2, 0) is 4.74 Å². The molecule has 2 heterocycles.